The largest absolute Gasteiger partial charge is 0.381 e. The highest BCUT2D eigenvalue weighted by atomic mass is 16.5. The summed E-state index contributed by atoms with van der Waals surface area (Å²) in [5.74, 6) is 2.93. The number of likely N-dealkylation sites (tertiary alicyclic amines) is 1. The Hall–Kier alpha value is -2.20. The second kappa shape index (κ2) is 8.87. The van der Waals surface area contributed by atoms with Crippen LogP contribution in [0.3, 0.4) is 0 Å². The van der Waals surface area contributed by atoms with Gasteiger partial charge in [-0.15, -0.1) is 0 Å². The van der Waals surface area contributed by atoms with E-state index in [2.05, 4.69) is 19.8 Å². The van der Waals surface area contributed by atoms with E-state index in [9.17, 15) is 4.79 Å². The molecule has 1 aromatic heterocycles. The van der Waals surface area contributed by atoms with Gasteiger partial charge in [0.05, 0.1) is 12.5 Å². The number of nitrogens with zero attached hydrogens (tertiary/aromatic N) is 5. The van der Waals surface area contributed by atoms with Crippen molar-refractivity contribution in [1.29, 1.82) is 5.26 Å². The van der Waals surface area contributed by atoms with Gasteiger partial charge in [0, 0.05) is 39.0 Å². The molecule has 3 fully saturated rings. The number of hydrogen-bond donors (Lipinski definition) is 0. The standard InChI is InChI=1S/C21H29N5O2/c22-14-19-23-8-3-20(24-19)25-9-1-2-16(4-10-25)17-5-11-26(12-6-17)21(27)18-7-13-28-15-18/h3,8,16-18H,1-2,4-7,9-13,15H2. The highest BCUT2D eigenvalue weighted by molar-refractivity contribution is 5.79. The molecule has 4 heterocycles. The summed E-state index contributed by atoms with van der Waals surface area (Å²) < 4.78 is 5.38. The SMILES string of the molecule is N#Cc1nccc(N2CCCC(C3CCN(C(=O)C4CCOC4)CC3)CC2)n1. The molecule has 2 unspecified atom stereocenters. The van der Waals surface area contributed by atoms with Gasteiger partial charge < -0.3 is 14.5 Å². The number of hydrogen-bond acceptors (Lipinski definition) is 6. The fourth-order valence-electron chi connectivity index (χ4n) is 4.98. The van der Waals surface area contributed by atoms with Crippen LogP contribution in [0.1, 0.15) is 44.3 Å². The van der Waals surface area contributed by atoms with E-state index in [4.69, 9.17) is 10.00 Å². The van der Waals surface area contributed by atoms with Crippen molar-refractivity contribution in [2.45, 2.75) is 38.5 Å². The molecule has 0 saturated carbocycles. The number of rotatable bonds is 3. The number of anilines is 1. The summed E-state index contributed by atoms with van der Waals surface area (Å²) in [6.45, 7) is 5.10. The maximum absolute atomic E-state index is 12.6. The smallest absolute Gasteiger partial charge is 0.234 e. The minimum absolute atomic E-state index is 0.0918. The van der Waals surface area contributed by atoms with Gasteiger partial charge in [0.25, 0.3) is 0 Å². The first-order chi connectivity index (χ1) is 13.7. The number of nitriles is 1. The minimum atomic E-state index is 0.0918. The molecule has 1 amide bonds. The second-order valence-electron chi connectivity index (χ2n) is 8.25. The van der Waals surface area contributed by atoms with E-state index in [1.807, 2.05) is 12.1 Å². The molecule has 28 heavy (non-hydrogen) atoms. The molecule has 3 saturated heterocycles. The van der Waals surface area contributed by atoms with Crippen LogP contribution in [-0.4, -0.2) is 60.2 Å². The maximum atomic E-state index is 12.6. The first kappa shape index (κ1) is 19.1. The third-order valence-corrected chi connectivity index (χ3v) is 6.63. The number of carbonyl (C=O) groups is 1. The zero-order valence-electron chi connectivity index (χ0n) is 16.4. The Labute approximate surface area is 166 Å². The lowest BCUT2D eigenvalue weighted by atomic mass is 9.80. The average molecular weight is 383 g/mol. The van der Waals surface area contributed by atoms with Crippen molar-refractivity contribution in [2.24, 2.45) is 17.8 Å². The molecule has 1 aromatic rings. The van der Waals surface area contributed by atoms with Crippen LogP contribution >= 0.6 is 0 Å². The van der Waals surface area contributed by atoms with Crippen molar-refractivity contribution in [3.05, 3.63) is 18.1 Å². The Bertz CT molecular complexity index is 720. The van der Waals surface area contributed by atoms with Crippen molar-refractivity contribution >= 4 is 11.7 Å². The summed E-state index contributed by atoms with van der Waals surface area (Å²) in [5.41, 5.74) is 0. The summed E-state index contributed by atoms with van der Waals surface area (Å²) in [7, 11) is 0. The quantitative estimate of drug-likeness (QED) is 0.796. The summed E-state index contributed by atoms with van der Waals surface area (Å²) in [6.07, 6.45) is 8.34. The average Bonchev–Trinajstić information content (AvgIpc) is 3.18. The molecule has 7 heteroatoms. The highest BCUT2D eigenvalue weighted by Crippen LogP contribution is 2.34. The Balaban J connectivity index is 1.29. The Morgan fingerprint density at radius 2 is 1.89 bits per heavy atom. The zero-order valence-corrected chi connectivity index (χ0v) is 16.4. The molecular formula is C21H29N5O2. The maximum Gasteiger partial charge on any atom is 0.234 e. The van der Waals surface area contributed by atoms with Crippen LogP contribution in [0.5, 0.6) is 0 Å². The number of piperidine rings is 1. The normalized spacial score (nSPS) is 26.7. The number of carbonyl (C=O) groups excluding carboxylic acids is 1. The van der Waals surface area contributed by atoms with E-state index in [1.54, 1.807) is 6.20 Å². The van der Waals surface area contributed by atoms with Gasteiger partial charge in [-0.2, -0.15) is 5.26 Å². The van der Waals surface area contributed by atoms with Crippen LogP contribution in [0.15, 0.2) is 12.3 Å². The van der Waals surface area contributed by atoms with E-state index in [-0.39, 0.29) is 11.7 Å². The van der Waals surface area contributed by atoms with Crippen LogP contribution in [-0.2, 0) is 9.53 Å². The van der Waals surface area contributed by atoms with Crippen molar-refractivity contribution in [1.82, 2.24) is 14.9 Å². The lowest BCUT2D eigenvalue weighted by Crippen LogP contribution is -2.43. The van der Waals surface area contributed by atoms with Gasteiger partial charge in [-0.05, 0) is 56.4 Å². The Morgan fingerprint density at radius 3 is 2.64 bits per heavy atom. The van der Waals surface area contributed by atoms with Gasteiger partial charge in [0.15, 0.2) is 0 Å². The van der Waals surface area contributed by atoms with Gasteiger partial charge in [0.2, 0.25) is 11.7 Å². The monoisotopic (exact) mass is 383 g/mol. The van der Waals surface area contributed by atoms with E-state index >= 15 is 0 Å². The van der Waals surface area contributed by atoms with E-state index in [0.717, 1.165) is 70.7 Å². The molecule has 0 bridgehead atoms. The van der Waals surface area contributed by atoms with Gasteiger partial charge in [0.1, 0.15) is 11.9 Å². The molecule has 4 rings (SSSR count). The van der Waals surface area contributed by atoms with Gasteiger partial charge in [-0.3, -0.25) is 4.79 Å². The van der Waals surface area contributed by atoms with Crippen LogP contribution in [0, 0.1) is 29.1 Å². The zero-order chi connectivity index (χ0) is 19.3. The topological polar surface area (TPSA) is 82.4 Å². The first-order valence-corrected chi connectivity index (χ1v) is 10.6. The van der Waals surface area contributed by atoms with Gasteiger partial charge >= 0.3 is 0 Å². The van der Waals surface area contributed by atoms with Crippen molar-refractivity contribution < 1.29 is 9.53 Å². The third-order valence-electron chi connectivity index (χ3n) is 6.63. The molecule has 150 valence electrons. The lowest BCUT2D eigenvalue weighted by Gasteiger charge is -2.37. The third kappa shape index (κ3) is 4.27. The summed E-state index contributed by atoms with van der Waals surface area (Å²) >= 11 is 0. The fourth-order valence-corrected chi connectivity index (χ4v) is 4.98. The number of ether oxygens (including phenoxy) is 1. The minimum Gasteiger partial charge on any atom is -0.381 e. The molecule has 2 atom stereocenters. The molecule has 0 aromatic carbocycles. The number of amides is 1. The molecular weight excluding hydrogens is 354 g/mol. The Morgan fingerprint density at radius 1 is 1.11 bits per heavy atom. The molecule has 7 nitrogen and oxygen atoms in total. The molecule has 0 radical (unpaired) electrons. The van der Waals surface area contributed by atoms with Crippen molar-refractivity contribution in [3.63, 3.8) is 0 Å². The second-order valence-corrected chi connectivity index (χ2v) is 8.25. The van der Waals surface area contributed by atoms with Gasteiger partial charge in [-0.1, -0.05) is 0 Å². The summed E-state index contributed by atoms with van der Waals surface area (Å²) in [5, 5.41) is 9.03. The fraction of sp³-hybridized carbons (Fsp3) is 0.714. The predicted molar refractivity (Wildman–Crippen MR) is 105 cm³/mol. The molecule has 0 aliphatic carbocycles. The van der Waals surface area contributed by atoms with E-state index in [1.165, 1.54) is 6.42 Å². The van der Waals surface area contributed by atoms with Crippen molar-refractivity contribution in [2.75, 3.05) is 44.3 Å². The molecule has 0 spiro atoms. The number of aromatic nitrogens is 2. The molecule has 0 N–H and O–H groups in total. The first-order valence-electron chi connectivity index (χ1n) is 10.6. The van der Waals surface area contributed by atoms with Crippen LogP contribution in [0.25, 0.3) is 0 Å². The lowest BCUT2D eigenvalue weighted by molar-refractivity contribution is -0.137. The van der Waals surface area contributed by atoms with E-state index < -0.39 is 0 Å². The molecule has 3 aliphatic rings. The highest BCUT2D eigenvalue weighted by Gasteiger charge is 2.33. The summed E-state index contributed by atoms with van der Waals surface area (Å²) in [6, 6.07) is 3.93. The Kier molecular flexibility index (Phi) is 6.06. The van der Waals surface area contributed by atoms with Crippen LogP contribution in [0.2, 0.25) is 0 Å². The van der Waals surface area contributed by atoms with E-state index in [0.29, 0.717) is 24.3 Å². The summed E-state index contributed by atoms with van der Waals surface area (Å²) in [4.78, 5) is 25.3. The van der Waals surface area contributed by atoms with Crippen LogP contribution < -0.4 is 4.90 Å². The van der Waals surface area contributed by atoms with Gasteiger partial charge in [-0.25, -0.2) is 9.97 Å². The van der Waals surface area contributed by atoms with Crippen molar-refractivity contribution in [3.8, 4) is 6.07 Å². The molecule has 3 aliphatic heterocycles. The predicted octanol–water partition coefficient (Wildman–Crippen LogP) is 2.23. The van der Waals surface area contributed by atoms with Crippen LogP contribution in [0.4, 0.5) is 5.82 Å².